The fourth-order valence-corrected chi connectivity index (χ4v) is 5.18. The summed E-state index contributed by atoms with van der Waals surface area (Å²) in [5.41, 5.74) is 1.03. The normalized spacial score (nSPS) is 19.0. The van der Waals surface area contributed by atoms with E-state index in [0.717, 1.165) is 11.1 Å². The van der Waals surface area contributed by atoms with Gasteiger partial charge in [-0.3, -0.25) is 4.90 Å². The molecule has 0 radical (unpaired) electrons. The van der Waals surface area contributed by atoms with Crippen LogP contribution in [0.25, 0.3) is 0 Å². The number of nitrogens with zero attached hydrogens (tertiary/aromatic N) is 1. The van der Waals surface area contributed by atoms with E-state index in [1.165, 1.54) is 12.0 Å². The van der Waals surface area contributed by atoms with E-state index in [4.69, 9.17) is 18.9 Å². The van der Waals surface area contributed by atoms with Crippen LogP contribution in [0.2, 0.25) is 0 Å². The minimum absolute atomic E-state index is 0.0397. The molecule has 1 N–H and O–H groups in total. The van der Waals surface area contributed by atoms with Gasteiger partial charge in [0.1, 0.15) is 24.3 Å². The molecule has 1 aliphatic rings. The van der Waals surface area contributed by atoms with Gasteiger partial charge in [0.2, 0.25) is 0 Å². The standard InChI is InChI=1S/C32H42N2O8/c1-6-40-29(36)27-24(19-22-13-9-7-10-14-22)20-25(34(27)31(38)42-32(2,3)4)17-18-26(28(35)39-5)33-30(37)41-21-23-15-11-8-12-16-23/h7-16,24-27H,6,17-21H2,1-5H3,(H,33,37)/t24-,25-,26-,27-/m0/s1. The van der Waals surface area contributed by atoms with Gasteiger partial charge in [0.25, 0.3) is 0 Å². The fraction of sp³-hybridized carbons (Fsp3) is 0.500. The lowest BCUT2D eigenvalue weighted by molar-refractivity contribution is -0.150. The van der Waals surface area contributed by atoms with Gasteiger partial charge in [0.05, 0.1) is 13.7 Å². The minimum atomic E-state index is -1.02. The van der Waals surface area contributed by atoms with Crippen molar-refractivity contribution in [3.63, 3.8) is 0 Å². The van der Waals surface area contributed by atoms with Gasteiger partial charge in [-0.1, -0.05) is 60.7 Å². The van der Waals surface area contributed by atoms with Gasteiger partial charge < -0.3 is 24.3 Å². The van der Waals surface area contributed by atoms with Gasteiger partial charge in [-0.2, -0.15) is 0 Å². The van der Waals surface area contributed by atoms with Crippen LogP contribution in [0.1, 0.15) is 58.1 Å². The average molecular weight is 583 g/mol. The zero-order valence-electron chi connectivity index (χ0n) is 25.0. The largest absolute Gasteiger partial charge is 0.467 e. The first-order valence-corrected chi connectivity index (χ1v) is 14.3. The van der Waals surface area contributed by atoms with Crippen LogP contribution in [0.5, 0.6) is 0 Å². The van der Waals surface area contributed by atoms with Crippen molar-refractivity contribution in [2.45, 2.75) is 83.7 Å². The number of amides is 2. The highest BCUT2D eigenvalue weighted by molar-refractivity contribution is 5.83. The Hall–Kier alpha value is -4.08. The summed E-state index contributed by atoms with van der Waals surface area (Å²) >= 11 is 0. The third-order valence-corrected chi connectivity index (χ3v) is 6.97. The number of likely N-dealkylation sites (tertiary alicyclic amines) is 1. The number of rotatable bonds is 11. The number of nitrogens with one attached hydrogen (secondary N) is 1. The number of esters is 2. The highest BCUT2D eigenvalue weighted by atomic mass is 16.6. The maximum atomic E-state index is 13.5. The molecule has 2 aromatic rings. The maximum absolute atomic E-state index is 13.5. The van der Waals surface area contributed by atoms with E-state index in [0.29, 0.717) is 19.3 Å². The highest BCUT2D eigenvalue weighted by Crippen LogP contribution is 2.37. The molecule has 42 heavy (non-hydrogen) atoms. The molecule has 10 heteroatoms. The van der Waals surface area contributed by atoms with E-state index in [-0.39, 0.29) is 25.6 Å². The number of benzene rings is 2. The summed E-state index contributed by atoms with van der Waals surface area (Å²) in [5.74, 6) is -1.39. The van der Waals surface area contributed by atoms with Crippen LogP contribution in [0, 0.1) is 5.92 Å². The van der Waals surface area contributed by atoms with Crippen molar-refractivity contribution in [2.24, 2.45) is 5.92 Å². The van der Waals surface area contributed by atoms with Crippen molar-refractivity contribution in [1.82, 2.24) is 10.2 Å². The molecule has 10 nitrogen and oxygen atoms in total. The van der Waals surface area contributed by atoms with Crippen molar-refractivity contribution in [1.29, 1.82) is 0 Å². The number of hydrogen-bond donors (Lipinski definition) is 1. The smallest absolute Gasteiger partial charge is 0.411 e. The lowest BCUT2D eigenvalue weighted by atomic mass is 9.90. The summed E-state index contributed by atoms with van der Waals surface area (Å²) in [6.45, 7) is 7.20. The Morgan fingerprint density at radius 2 is 1.57 bits per heavy atom. The molecule has 0 unspecified atom stereocenters. The number of carbonyl (C=O) groups excluding carboxylic acids is 4. The van der Waals surface area contributed by atoms with E-state index in [9.17, 15) is 19.2 Å². The molecule has 228 valence electrons. The maximum Gasteiger partial charge on any atom is 0.411 e. The number of carbonyl (C=O) groups is 4. The van der Waals surface area contributed by atoms with Crippen molar-refractivity contribution in [3.8, 4) is 0 Å². The zero-order chi connectivity index (χ0) is 30.7. The molecule has 1 heterocycles. The van der Waals surface area contributed by atoms with Crippen LogP contribution < -0.4 is 5.32 Å². The summed E-state index contributed by atoms with van der Waals surface area (Å²) < 4.78 is 21.4. The summed E-state index contributed by atoms with van der Waals surface area (Å²) in [7, 11) is 1.24. The minimum Gasteiger partial charge on any atom is -0.467 e. The molecular weight excluding hydrogens is 540 g/mol. The number of ether oxygens (including phenoxy) is 4. The lowest BCUT2D eigenvalue weighted by Gasteiger charge is -2.33. The Labute approximate surface area is 247 Å². The van der Waals surface area contributed by atoms with Gasteiger partial charge in [-0.15, -0.1) is 0 Å². The second-order valence-corrected chi connectivity index (χ2v) is 11.3. The first-order chi connectivity index (χ1) is 20.0. The molecule has 1 saturated heterocycles. The van der Waals surface area contributed by atoms with E-state index in [1.807, 2.05) is 60.7 Å². The van der Waals surface area contributed by atoms with Crippen LogP contribution in [-0.4, -0.2) is 66.5 Å². The van der Waals surface area contributed by atoms with Crippen LogP contribution >= 0.6 is 0 Å². The molecule has 3 rings (SSSR count). The monoisotopic (exact) mass is 582 g/mol. The molecule has 2 aromatic carbocycles. The number of hydrogen-bond acceptors (Lipinski definition) is 8. The Kier molecular flexibility index (Phi) is 11.8. The molecule has 1 fully saturated rings. The van der Waals surface area contributed by atoms with Gasteiger partial charge in [-0.25, -0.2) is 19.2 Å². The summed E-state index contributed by atoms with van der Waals surface area (Å²) in [5, 5.41) is 2.59. The predicted molar refractivity (Wildman–Crippen MR) is 155 cm³/mol. The van der Waals surface area contributed by atoms with E-state index < -0.39 is 47.9 Å². The van der Waals surface area contributed by atoms with E-state index in [2.05, 4.69) is 5.32 Å². The summed E-state index contributed by atoms with van der Waals surface area (Å²) in [4.78, 5) is 53.4. The average Bonchev–Trinajstić information content (AvgIpc) is 3.32. The van der Waals surface area contributed by atoms with E-state index >= 15 is 0 Å². The van der Waals surface area contributed by atoms with Crippen molar-refractivity contribution >= 4 is 24.1 Å². The molecule has 0 bridgehead atoms. The molecule has 1 aliphatic heterocycles. The molecule has 0 aromatic heterocycles. The third-order valence-electron chi connectivity index (χ3n) is 6.97. The fourth-order valence-electron chi connectivity index (χ4n) is 5.18. The first-order valence-electron chi connectivity index (χ1n) is 14.3. The highest BCUT2D eigenvalue weighted by Gasteiger charge is 2.49. The first kappa shape index (κ1) is 32.4. The van der Waals surface area contributed by atoms with Crippen molar-refractivity contribution in [2.75, 3.05) is 13.7 Å². The number of alkyl carbamates (subject to hydrolysis) is 1. The molecule has 2 amide bonds. The van der Waals surface area contributed by atoms with Crippen LogP contribution in [0.15, 0.2) is 60.7 Å². The van der Waals surface area contributed by atoms with Gasteiger partial charge >= 0.3 is 24.1 Å². The van der Waals surface area contributed by atoms with Crippen molar-refractivity contribution in [3.05, 3.63) is 71.8 Å². The third kappa shape index (κ3) is 9.49. The van der Waals surface area contributed by atoms with Crippen molar-refractivity contribution < 1.29 is 38.1 Å². The van der Waals surface area contributed by atoms with Gasteiger partial charge in [0, 0.05) is 6.04 Å². The predicted octanol–water partition coefficient (Wildman–Crippen LogP) is 5.03. The summed E-state index contributed by atoms with van der Waals surface area (Å²) in [6.07, 6.45) is 0.0558. The van der Waals surface area contributed by atoms with Gasteiger partial charge in [-0.05, 0) is 70.4 Å². The lowest BCUT2D eigenvalue weighted by Crippen LogP contribution is -2.50. The second kappa shape index (κ2) is 15.2. The van der Waals surface area contributed by atoms with Crippen LogP contribution in [0.4, 0.5) is 9.59 Å². The number of methoxy groups -OCH3 is 1. The zero-order valence-corrected chi connectivity index (χ0v) is 25.0. The Bertz CT molecular complexity index is 1180. The molecule has 4 atom stereocenters. The second-order valence-electron chi connectivity index (χ2n) is 11.3. The molecular formula is C32H42N2O8. The topological polar surface area (TPSA) is 120 Å². The van der Waals surface area contributed by atoms with Crippen LogP contribution in [-0.2, 0) is 41.6 Å². The Balaban J connectivity index is 1.80. The Morgan fingerprint density at radius 3 is 2.14 bits per heavy atom. The molecule has 0 saturated carbocycles. The molecule has 0 spiro atoms. The SMILES string of the molecule is CCOC(=O)[C@@H]1[C@@H](Cc2ccccc2)C[C@H](CC[C@H](NC(=O)OCc2ccccc2)C(=O)OC)N1C(=O)OC(C)(C)C. The molecule has 0 aliphatic carbocycles. The van der Waals surface area contributed by atoms with Crippen LogP contribution in [0.3, 0.4) is 0 Å². The van der Waals surface area contributed by atoms with Gasteiger partial charge in [0.15, 0.2) is 0 Å². The Morgan fingerprint density at radius 1 is 0.952 bits per heavy atom. The summed E-state index contributed by atoms with van der Waals surface area (Å²) in [6, 6.07) is 16.5. The van der Waals surface area contributed by atoms with E-state index in [1.54, 1.807) is 27.7 Å². The quantitative estimate of drug-likeness (QED) is 0.289.